The van der Waals surface area contributed by atoms with Crippen molar-refractivity contribution in [2.45, 2.75) is 0 Å². The lowest BCUT2D eigenvalue weighted by molar-refractivity contribution is 0.0844. The van der Waals surface area contributed by atoms with Crippen molar-refractivity contribution in [3.63, 3.8) is 0 Å². The number of aromatic amines is 1. The molecule has 0 radical (unpaired) electrons. The molecule has 0 saturated carbocycles. The molecule has 23 heavy (non-hydrogen) atoms. The van der Waals surface area contributed by atoms with Crippen molar-refractivity contribution in [1.82, 2.24) is 25.6 Å². The monoisotopic (exact) mass is 329 g/mol. The molecule has 7 nitrogen and oxygen atoms in total. The van der Waals surface area contributed by atoms with E-state index in [-0.39, 0.29) is 0 Å². The van der Waals surface area contributed by atoms with E-state index in [1.54, 1.807) is 48.8 Å². The van der Waals surface area contributed by atoms with E-state index in [2.05, 4.69) is 20.9 Å². The minimum Gasteiger partial charge on any atom is -0.357 e. The van der Waals surface area contributed by atoms with Gasteiger partial charge in [-0.15, -0.1) is 0 Å². The molecule has 3 rings (SSSR count). The van der Waals surface area contributed by atoms with Gasteiger partial charge in [0.25, 0.3) is 11.8 Å². The third kappa shape index (κ3) is 3.41. The van der Waals surface area contributed by atoms with Crippen LogP contribution in [0.1, 0.15) is 20.8 Å². The lowest BCUT2D eigenvalue weighted by Crippen LogP contribution is -2.41. The minimum atomic E-state index is -0.467. The number of nitrogens with zero attached hydrogens (tertiary/aromatic N) is 2. The van der Waals surface area contributed by atoms with Crippen molar-refractivity contribution >= 4 is 23.4 Å². The van der Waals surface area contributed by atoms with Crippen LogP contribution in [0.5, 0.6) is 0 Å². The zero-order chi connectivity index (χ0) is 16.2. The van der Waals surface area contributed by atoms with Crippen molar-refractivity contribution < 1.29 is 9.59 Å². The Morgan fingerprint density at radius 2 is 1.83 bits per heavy atom. The van der Waals surface area contributed by atoms with Crippen LogP contribution >= 0.6 is 11.6 Å². The normalized spacial score (nSPS) is 10.3. The quantitative estimate of drug-likeness (QED) is 0.641. The fourth-order valence-corrected chi connectivity index (χ4v) is 2.03. The van der Waals surface area contributed by atoms with E-state index in [1.807, 2.05) is 0 Å². The standard InChI is InChI=1S/C15H12ClN5O2/c16-11-3-5-12(6-4-11)21-9-10(8-18-21)14(22)19-20-15(23)13-2-1-7-17-13/h1-9,17H,(H,19,22)(H,20,23). The number of amides is 2. The third-order valence-electron chi connectivity index (χ3n) is 3.07. The van der Waals surface area contributed by atoms with Gasteiger partial charge in [0.1, 0.15) is 5.69 Å². The van der Waals surface area contributed by atoms with Crippen molar-refractivity contribution in [2.24, 2.45) is 0 Å². The maximum atomic E-state index is 12.0. The third-order valence-corrected chi connectivity index (χ3v) is 3.32. The second-order valence-corrected chi connectivity index (χ2v) is 5.08. The maximum absolute atomic E-state index is 12.0. The van der Waals surface area contributed by atoms with Crippen molar-refractivity contribution in [2.75, 3.05) is 0 Å². The summed E-state index contributed by atoms with van der Waals surface area (Å²) in [7, 11) is 0. The molecule has 1 aromatic carbocycles. The second-order valence-electron chi connectivity index (χ2n) is 4.64. The Balaban J connectivity index is 1.64. The first kappa shape index (κ1) is 14.9. The molecule has 0 atom stereocenters. The van der Waals surface area contributed by atoms with E-state index in [4.69, 9.17) is 11.6 Å². The van der Waals surface area contributed by atoms with Crippen LogP contribution in [0.2, 0.25) is 5.02 Å². The van der Waals surface area contributed by atoms with Crippen LogP contribution in [0.15, 0.2) is 55.0 Å². The highest BCUT2D eigenvalue weighted by atomic mass is 35.5. The number of aromatic nitrogens is 3. The summed E-state index contributed by atoms with van der Waals surface area (Å²) in [5, 5.41) is 4.72. The van der Waals surface area contributed by atoms with E-state index in [1.165, 1.54) is 10.9 Å². The van der Waals surface area contributed by atoms with Gasteiger partial charge in [0.05, 0.1) is 17.4 Å². The lowest BCUT2D eigenvalue weighted by Gasteiger charge is -2.04. The zero-order valence-corrected chi connectivity index (χ0v) is 12.5. The first-order chi connectivity index (χ1) is 11.1. The molecule has 0 spiro atoms. The van der Waals surface area contributed by atoms with Gasteiger partial charge in [-0.1, -0.05) is 11.6 Å². The molecular formula is C15H12ClN5O2. The largest absolute Gasteiger partial charge is 0.357 e. The number of benzene rings is 1. The molecule has 0 fully saturated rings. The van der Waals surface area contributed by atoms with Crippen molar-refractivity contribution in [3.8, 4) is 5.69 Å². The first-order valence-electron chi connectivity index (χ1n) is 6.68. The van der Waals surface area contributed by atoms with Gasteiger partial charge >= 0.3 is 0 Å². The van der Waals surface area contributed by atoms with E-state index < -0.39 is 11.8 Å². The average molecular weight is 330 g/mol. The molecule has 0 unspecified atom stereocenters. The highest BCUT2D eigenvalue weighted by molar-refractivity contribution is 6.30. The topological polar surface area (TPSA) is 91.8 Å². The van der Waals surface area contributed by atoms with E-state index in [0.717, 1.165) is 5.69 Å². The van der Waals surface area contributed by atoms with Gasteiger partial charge in [-0.05, 0) is 36.4 Å². The molecule has 2 amide bonds. The first-order valence-corrected chi connectivity index (χ1v) is 7.06. The summed E-state index contributed by atoms with van der Waals surface area (Å²) < 4.78 is 1.54. The summed E-state index contributed by atoms with van der Waals surface area (Å²) in [5.74, 6) is -0.904. The Bertz CT molecular complexity index is 824. The van der Waals surface area contributed by atoms with Gasteiger partial charge in [-0.25, -0.2) is 4.68 Å². The molecule has 8 heteroatoms. The Morgan fingerprint density at radius 3 is 2.52 bits per heavy atom. The van der Waals surface area contributed by atoms with Crippen LogP contribution in [0.4, 0.5) is 0 Å². The number of hydrazine groups is 1. The maximum Gasteiger partial charge on any atom is 0.286 e. The predicted octanol–water partition coefficient (Wildman–Crippen LogP) is 1.93. The van der Waals surface area contributed by atoms with Crippen molar-refractivity contribution in [3.05, 3.63) is 71.3 Å². The fourth-order valence-electron chi connectivity index (χ4n) is 1.90. The smallest absolute Gasteiger partial charge is 0.286 e. The van der Waals surface area contributed by atoms with Gasteiger partial charge < -0.3 is 4.98 Å². The van der Waals surface area contributed by atoms with Gasteiger partial charge in [0.15, 0.2) is 0 Å². The number of hydrogen-bond donors (Lipinski definition) is 3. The number of carbonyl (C=O) groups excluding carboxylic acids is 2. The number of carbonyl (C=O) groups is 2. The summed E-state index contributed by atoms with van der Waals surface area (Å²) in [6.07, 6.45) is 4.58. The van der Waals surface area contributed by atoms with Crippen LogP contribution in [0.25, 0.3) is 5.69 Å². The molecule has 2 heterocycles. The van der Waals surface area contributed by atoms with E-state index in [9.17, 15) is 9.59 Å². The molecule has 0 aliphatic heterocycles. The van der Waals surface area contributed by atoms with Crippen LogP contribution in [-0.4, -0.2) is 26.6 Å². The molecule has 3 N–H and O–H groups in total. The van der Waals surface area contributed by atoms with Gasteiger partial charge in [-0.3, -0.25) is 20.4 Å². The van der Waals surface area contributed by atoms with Crippen LogP contribution < -0.4 is 10.9 Å². The predicted molar refractivity (Wildman–Crippen MR) is 84.3 cm³/mol. The van der Waals surface area contributed by atoms with E-state index in [0.29, 0.717) is 16.3 Å². The van der Waals surface area contributed by atoms with Crippen molar-refractivity contribution in [1.29, 1.82) is 0 Å². The Morgan fingerprint density at radius 1 is 1.09 bits per heavy atom. The van der Waals surface area contributed by atoms with Gasteiger partial charge in [0, 0.05) is 17.4 Å². The summed E-state index contributed by atoms with van der Waals surface area (Å²) in [6, 6.07) is 10.3. The highest BCUT2D eigenvalue weighted by Crippen LogP contribution is 2.13. The Hall–Kier alpha value is -3.06. The minimum absolute atomic E-state index is 0.312. The zero-order valence-electron chi connectivity index (χ0n) is 11.8. The summed E-state index contributed by atoms with van der Waals surface area (Å²) in [4.78, 5) is 26.5. The van der Waals surface area contributed by atoms with E-state index >= 15 is 0 Å². The number of rotatable bonds is 3. The second kappa shape index (κ2) is 6.37. The lowest BCUT2D eigenvalue weighted by atomic mass is 10.3. The Labute approximate surface area is 136 Å². The van der Waals surface area contributed by atoms with Gasteiger partial charge in [0.2, 0.25) is 0 Å². The molecular weight excluding hydrogens is 318 g/mol. The summed E-state index contributed by atoms with van der Waals surface area (Å²) >= 11 is 5.83. The molecule has 0 bridgehead atoms. The number of nitrogens with one attached hydrogen (secondary N) is 3. The molecule has 2 aromatic heterocycles. The number of halogens is 1. The van der Waals surface area contributed by atoms with Crippen LogP contribution in [-0.2, 0) is 0 Å². The fraction of sp³-hybridized carbons (Fsp3) is 0. The summed E-state index contributed by atoms with van der Waals surface area (Å²) in [6.45, 7) is 0. The van der Waals surface area contributed by atoms with Crippen LogP contribution in [0, 0.1) is 0 Å². The molecule has 0 aliphatic rings. The summed E-state index contributed by atoms with van der Waals surface area (Å²) in [5.41, 5.74) is 6.07. The molecule has 0 saturated heterocycles. The average Bonchev–Trinajstić information content (AvgIpc) is 3.24. The SMILES string of the molecule is O=C(NNC(=O)c1ccc[nH]1)c1cnn(-c2ccc(Cl)cc2)c1. The van der Waals surface area contributed by atoms with Crippen LogP contribution in [0.3, 0.4) is 0 Å². The van der Waals surface area contributed by atoms with Gasteiger partial charge in [-0.2, -0.15) is 5.10 Å². The Kier molecular flexibility index (Phi) is 4.11. The molecule has 116 valence electrons. The number of H-pyrrole nitrogens is 1. The highest BCUT2D eigenvalue weighted by Gasteiger charge is 2.11. The molecule has 0 aliphatic carbocycles. The number of hydrogen-bond acceptors (Lipinski definition) is 3. The molecule has 3 aromatic rings.